The maximum atomic E-state index is 5.69. The van der Waals surface area contributed by atoms with Crippen molar-refractivity contribution in [1.82, 2.24) is 5.32 Å². The Morgan fingerprint density at radius 2 is 2.07 bits per heavy atom. The molecule has 1 aliphatic carbocycles. The van der Waals surface area contributed by atoms with Crippen molar-refractivity contribution in [3.63, 3.8) is 0 Å². The van der Waals surface area contributed by atoms with Gasteiger partial charge in [-0.05, 0) is 57.4 Å². The SMILES string of the molecule is CNC1CCC(CCC2CCCO2)C1C. The van der Waals surface area contributed by atoms with E-state index in [0.717, 1.165) is 24.5 Å². The Morgan fingerprint density at radius 3 is 2.67 bits per heavy atom. The minimum atomic E-state index is 0.589. The van der Waals surface area contributed by atoms with Gasteiger partial charge in [-0.3, -0.25) is 0 Å². The minimum absolute atomic E-state index is 0.589. The van der Waals surface area contributed by atoms with Crippen LogP contribution in [-0.4, -0.2) is 25.8 Å². The van der Waals surface area contributed by atoms with Crippen LogP contribution in [0.25, 0.3) is 0 Å². The third-order valence-corrected chi connectivity index (χ3v) is 4.48. The number of hydrogen-bond acceptors (Lipinski definition) is 2. The van der Waals surface area contributed by atoms with Crippen LogP contribution in [0.15, 0.2) is 0 Å². The first kappa shape index (κ1) is 11.4. The average molecular weight is 211 g/mol. The Balaban J connectivity index is 1.70. The zero-order chi connectivity index (χ0) is 10.7. The van der Waals surface area contributed by atoms with Crippen LogP contribution in [0.5, 0.6) is 0 Å². The molecule has 2 nitrogen and oxygen atoms in total. The largest absolute Gasteiger partial charge is 0.378 e. The molecule has 0 bridgehead atoms. The second-order valence-corrected chi connectivity index (χ2v) is 5.30. The van der Waals surface area contributed by atoms with E-state index in [4.69, 9.17) is 4.74 Å². The number of rotatable bonds is 4. The third-order valence-electron chi connectivity index (χ3n) is 4.48. The Morgan fingerprint density at radius 1 is 1.20 bits per heavy atom. The summed E-state index contributed by atoms with van der Waals surface area (Å²) in [6.45, 7) is 3.42. The van der Waals surface area contributed by atoms with Crippen LogP contribution in [-0.2, 0) is 4.74 Å². The van der Waals surface area contributed by atoms with Crippen molar-refractivity contribution >= 4 is 0 Å². The van der Waals surface area contributed by atoms with Gasteiger partial charge in [-0.1, -0.05) is 6.92 Å². The van der Waals surface area contributed by atoms with Crippen LogP contribution in [0, 0.1) is 11.8 Å². The van der Waals surface area contributed by atoms with E-state index in [9.17, 15) is 0 Å². The van der Waals surface area contributed by atoms with E-state index < -0.39 is 0 Å². The maximum absolute atomic E-state index is 5.69. The molecule has 2 rings (SSSR count). The zero-order valence-electron chi connectivity index (χ0n) is 10.2. The Bertz CT molecular complexity index is 189. The molecule has 0 spiro atoms. The molecule has 1 saturated carbocycles. The van der Waals surface area contributed by atoms with Gasteiger partial charge in [-0.25, -0.2) is 0 Å². The summed E-state index contributed by atoms with van der Waals surface area (Å²) in [5, 5.41) is 3.44. The van der Waals surface area contributed by atoms with E-state index in [2.05, 4.69) is 19.3 Å². The van der Waals surface area contributed by atoms with Gasteiger partial charge in [0.2, 0.25) is 0 Å². The molecule has 2 fully saturated rings. The first-order valence-corrected chi connectivity index (χ1v) is 6.60. The summed E-state index contributed by atoms with van der Waals surface area (Å²) in [7, 11) is 2.10. The van der Waals surface area contributed by atoms with E-state index in [-0.39, 0.29) is 0 Å². The van der Waals surface area contributed by atoms with E-state index in [1.807, 2.05) is 0 Å². The van der Waals surface area contributed by atoms with Crippen molar-refractivity contribution in [3.05, 3.63) is 0 Å². The fourth-order valence-electron chi connectivity index (χ4n) is 3.33. The van der Waals surface area contributed by atoms with E-state index in [0.29, 0.717) is 6.10 Å². The summed E-state index contributed by atoms with van der Waals surface area (Å²) in [6, 6.07) is 0.763. The lowest BCUT2D eigenvalue weighted by molar-refractivity contribution is 0.0960. The van der Waals surface area contributed by atoms with Gasteiger partial charge in [-0.2, -0.15) is 0 Å². The number of nitrogens with one attached hydrogen (secondary N) is 1. The molecule has 1 aliphatic heterocycles. The molecule has 15 heavy (non-hydrogen) atoms. The molecule has 2 heteroatoms. The standard InChI is InChI=1S/C13H25NO/c1-10-11(6-8-13(10)14-2)5-7-12-4-3-9-15-12/h10-14H,3-9H2,1-2H3. The lowest BCUT2D eigenvalue weighted by Crippen LogP contribution is -2.29. The van der Waals surface area contributed by atoms with Gasteiger partial charge in [0.25, 0.3) is 0 Å². The highest BCUT2D eigenvalue weighted by atomic mass is 16.5. The van der Waals surface area contributed by atoms with E-state index in [1.165, 1.54) is 38.5 Å². The molecular formula is C13H25NO. The highest BCUT2D eigenvalue weighted by molar-refractivity contribution is 4.86. The van der Waals surface area contributed by atoms with Crippen LogP contribution in [0.2, 0.25) is 0 Å². The molecule has 2 aliphatic rings. The van der Waals surface area contributed by atoms with E-state index in [1.54, 1.807) is 0 Å². The minimum Gasteiger partial charge on any atom is -0.378 e. The van der Waals surface area contributed by atoms with Crippen LogP contribution < -0.4 is 5.32 Å². The lowest BCUT2D eigenvalue weighted by atomic mass is 9.90. The predicted octanol–water partition coefficient (Wildman–Crippen LogP) is 2.58. The van der Waals surface area contributed by atoms with Crippen molar-refractivity contribution in [1.29, 1.82) is 0 Å². The summed E-state index contributed by atoms with van der Waals surface area (Å²) in [4.78, 5) is 0. The number of ether oxygens (including phenoxy) is 1. The monoisotopic (exact) mass is 211 g/mol. The van der Waals surface area contributed by atoms with Gasteiger partial charge in [0.15, 0.2) is 0 Å². The number of hydrogen-bond donors (Lipinski definition) is 1. The van der Waals surface area contributed by atoms with Crippen LogP contribution in [0.3, 0.4) is 0 Å². The average Bonchev–Trinajstić information content (AvgIpc) is 2.85. The quantitative estimate of drug-likeness (QED) is 0.771. The van der Waals surface area contributed by atoms with Gasteiger partial charge in [0.05, 0.1) is 6.10 Å². The molecule has 0 aromatic heterocycles. The molecule has 1 saturated heterocycles. The predicted molar refractivity (Wildman–Crippen MR) is 62.9 cm³/mol. The van der Waals surface area contributed by atoms with Gasteiger partial charge in [0.1, 0.15) is 0 Å². The fraction of sp³-hybridized carbons (Fsp3) is 1.00. The molecule has 0 radical (unpaired) electrons. The van der Waals surface area contributed by atoms with Crippen molar-refractivity contribution < 1.29 is 4.74 Å². The summed E-state index contributed by atoms with van der Waals surface area (Å²) in [6.07, 6.45) is 8.63. The van der Waals surface area contributed by atoms with Crippen LogP contribution >= 0.6 is 0 Å². The normalized spacial score (nSPS) is 41.2. The molecule has 0 amide bonds. The lowest BCUT2D eigenvalue weighted by Gasteiger charge is -2.21. The summed E-state index contributed by atoms with van der Waals surface area (Å²) >= 11 is 0. The first-order valence-electron chi connectivity index (χ1n) is 6.60. The van der Waals surface area contributed by atoms with Crippen molar-refractivity contribution in [2.75, 3.05) is 13.7 Å². The second-order valence-electron chi connectivity index (χ2n) is 5.30. The van der Waals surface area contributed by atoms with Crippen molar-refractivity contribution in [3.8, 4) is 0 Å². The highest BCUT2D eigenvalue weighted by Crippen LogP contribution is 2.35. The summed E-state index contributed by atoms with van der Waals surface area (Å²) < 4.78 is 5.69. The van der Waals surface area contributed by atoms with Gasteiger partial charge < -0.3 is 10.1 Å². The Kier molecular flexibility index (Phi) is 4.04. The van der Waals surface area contributed by atoms with Crippen molar-refractivity contribution in [2.24, 2.45) is 11.8 Å². The molecule has 0 aromatic rings. The summed E-state index contributed by atoms with van der Waals surface area (Å²) in [5.74, 6) is 1.79. The maximum Gasteiger partial charge on any atom is 0.0576 e. The van der Waals surface area contributed by atoms with Crippen LogP contribution in [0.1, 0.15) is 45.4 Å². The van der Waals surface area contributed by atoms with Crippen molar-refractivity contribution in [2.45, 2.75) is 57.6 Å². The first-order chi connectivity index (χ1) is 7.31. The zero-order valence-corrected chi connectivity index (χ0v) is 10.2. The highest BCUT2D eigenvalue weighted by Gasteiger charge is 2.31. The topological polar surface area (TPSA) is 21.3 Å². The van der Waals surface area contributed by atoms with Gasteiger partial charge in [0, 0.05) is 12.6 Å². The molecule has 0 aromatic carbocycles. The molecule has 1 N–H and O–H groups in total. The molecular weight excluding hydrogens is 186 g/mol. The molecule has 4 unspecified atom stereocenters. The third kappa shape index (κ3) is 2.73. The van der Waals surface area contributed by atoms with Gasteiger partial charge in [-0.15, -0.1) is 0 Å². The molecule has 1 heterocycles. The van der Waals surface area contributed by atoms with Crippen LogP contribution in [0.4, 0.5) is 0 Å². The Labute approximate surface area is 93.8 Å². The van der Waals surface area contributed by atoms with E-state index >= 15 is 0 Å². The Hall–Kier alpha value is -0.0800. The fourth-order valence-corrected chi connectivity index (χ4v) is 3.33. The van der Waals surface area contributed by atoms with Gasteiger partial charge >= 0.3 is 0 Å². The smallest absolute Gasteiger partial charge is 0.0576 e. The summed E-state index contributed by atoms with van der Waals surface area (Å²) in [5.41, 5.74) is 0. The second kappa shape index (κ2) is 5.31. The molecule has 88 valence electrons. The molecule has 4 atom stereocenters.